The average Bonchev–Trinajstić information content (AvgIpc) is 3.41. The van der Waals surface area contributed by atoms with Crippen LogP contribution in [0.1, 0.15) is 16.2 Å². The lowest BCUT2D eigenvalue weighted by atomic mass is 10.2. The van der Waals surface area contributed by atoms with Gasteiger partial charge in [-0.15, -0.1) is 10.2 Å². The molecule has 12 heteroatoms. The second-order valence-corrected chi connectivity index (χ2v) is 9.16. The molecule has 0 saturated heterocycles. The fourth-order valence-corrected chi connectivity index (χ4v) is 4.57. The Morgan fingerprint density at radius 1 is 0.825 bits per heavy atom. The predicted octanol–water partition coefficient (Wildman–Crippen LogP) is 3.96. The number of benzene rings is 3. The molecule has 0 spiro atoms. The van der Waals surface area contributed by atoms with Gasteiger partial charge in [-0.05, 0) is 48.5 Å². The van der Waals surface area contributed by atoms with Crippen molar-refractivity contribution in [2.45, 2.75) is 11.7 Å². The number of aromatic nitrogens is 3. The number of amides is 2. The lowest BCUT2D eigenvalue weighted by molar-refractivity contribution is -0.113. The molecule has 0 aliphatic heterocycles. The van der Waals surface area contributed by atoms with Crippen molar-refractivity contribution in [3.05, 3.63) is 78.1 Å². The summed E-state index contributed by atoms with van der Waals surface area (Å²) in [7, 11) is 6.20. The zero-order valence-corrected chi connectivity index (χ0v) is 23.3. The lowest BCUT2D eigenvalue weighted by Gasteiger charge is -2.15. The minimum absolute atomic E-state index is 0.0445. The van der Waals surface area contributed by atoms with Gasteiger partial charge in [-0.1, -0.05) is 23.9 Å². The first-order chi connectivity index (χ1) is 19.5. The second-order valence-electron chi connectivity index (χ2n) is 8.22. The van der Waals surface area contributed by atoms with Gasteiger partial charge >= 0.3 is 0 Å². The van der Waals surface area contributed by atoms with Crippen LogP contribution in [-0.2, 0) is 11.3 Å². The number of methoxy groups -OCH3 is 4. The Bertz CT molecular complexity index is 1470. The van der Waals surface area contributed by atoms with E-state index in [-0.39, 0.29) is 24.1 Å². The van der Waals surface area contributed by atoms with Gasteiger partial charge in [0.15, 0.2) is 11.0 Å². The number of carbonyl (C=O) groups is 2. The molecule has 1 aromatic heterocycles. The molecule has 0 radical (unpaired) electrons. The van der Waals surface area contributed by atoms with E-state index < -0.39 is 0 Å². The summed E-state index contributed by atoms with van der Waals surface area (Å²) in [5.41, 5.74) is 1.62. The zero-order valence-electron chi connectivity index (χ0n) is 22.5. The molecule has 0 bridgehead atoms. The normalized spacial score (nSPS) is 10.5. The molecular formula is C28H29N5O6S. The molecule has 0 unspecified atom stereocenters. The smallest absolute Gasteiger partial charge is 0.255 e. The highest BCUT2D eigenvalue weighted by atomic mass is 32.2. The highest BCUT2D eigenvalue weighted by Gasteiger charge is 2.21. The van der Waals surface area contributed by atoms with Gasteiger partial charge in [0.05, 0.1) is 52.0 Å². The van der Waals surface area contributed by atoms with E-state index in [9.17, 15) is 9.59 Å². The maximum atomic E-state index is 12.9. The Balaban J connectivity index is 1.58. The SMILES string of the molecule is COc1ccc(NC(=O)CSc2nnc(CNC(=O)c3ccccc3OC)n2-c2cc(OC)ccc2OC)cc1. The van der Waals surface area contributed by atoms with Crippen LogP contribution in [0.25, 0.3) is 5.69 Å². The first kappa shape index (κ1) is 28.3. The summed E-state index contributed by atoms with van der Waals surface area (Å²) in [6.07, 6.45) is 0. The number of ether oxygens (including phenoxy) is 4. The van der Waals surface area contributed by atoms with Crippen LogP contribution in [0.4, 0.5) is 5.69 Å². The molecule has 0 aliphatic rings. The van der Waals surface area contributed by atoms with Crippen molar-refractivity contribution in [1.29, 1.82) is 0 Å². The molecule has 11 nitrogen and oxygen atoms in total. The maximum Gasteiger partial charge on any atom is 0.255 e. The molecule has 2 N–H and O–H groups in total. The third kappa shape index (κ3) is 6.64. The van der Waals surface area contributed by atoms with Crippen LogP contribution in [0.15, 0.2) is 71.9 Å². The van der Waals surface area contributed by atoms with E-state index >= 15 is 0 Å². The number of hydrogen-bond acceptors (Lipinski definition) is 9. The fraction of sp³-hybridized carbons (Fsp3) is 0.214. The largest absolute Gasteiger partial charge is 0.497 e. The van der Waals surface area contributed by atoms with E-state index in [1.807, 2.05) is 0 Å². The van der Waals surface area contributed by atoms with Crippen LogP contribution < -0.4 is 29.6 Å². The van der Waals surface area contributed by atoms with E-state index in [1.165, 1.54) is 18.9 Å². The minimum Gasteiger partial charge on any atom is -0.497 e. The Hall–Kier alpha value is -4.71. The van der Waals surface area contributed by atoms with Crippen molar-refractivity contribution in [1.82, 2.24) is 20.1 Å². The van der Waals surface area contributed by atoms with Gasteiger partial charge in [0, 0.05) is 11.8 Å². The van der Waals surface area contributed by atoms with Crippen molar-refractivity contribution in [2.24, 2.45) is 0 Å². The molecule has 0 saturated carbocycles. The first-order valence-corrected chi connectivity index (χ1v) is 13.1. The molecule has 0 aliphatic carbocycles. The van der Waals surface area contributed by atoms with Crippen molar-refractivity contribution < 1.29 is 28.5 Å². The van der Waals surface area contributed by atoms with Gasteiger partial charge in [0.25, 0.3) is 5.91 Å². The molecule has 0 fully saturated rings. The molecule has 4 rings (SSSR count). The first-order valence-electron chi connectivity index (χ1n) is 12.1. The van der Waals surface area contributed by atoms with Crippen LogP contribution in [0.2, 0.25) is 0 Å². The number of nitrogens with one attached hydrogen (secondary N) is 2. The average molecular weight is 564 g/mol. The molecule has 40 heavy (non-hydrogen) atoms. The molecule has 4 aromatic rings. The summed E-state index contributed by atoms with van der Waals surface area (Å²) in [6, 6.07) is 19.3. The van der Waals surface area contributed by atoms with Gasteiger partial charge < -0.3 is 29.6 Å². The van der Waals surface area contributed by atoms with Crippen LogP contribution in [-0.4, -0.2) is 60.8 Å². The number of anilines is 1. The Morgan fingerprint density at radius 3 is 2.23 bits per heavy atom. The molecule has 0 atom stereocenters. The standard InChI is InChI=1S/C28H29N5O6S/c1-36-19-11-9-18(10-12-19)30-26(34)17-40-28-32-31-25(16-29-27(35)21-7-5-6-8-23(21)38-3)33(28)22-15-20(37-2)13-14-24(22)39-4/h5-15H,16-17H2,1-4H3,(H,29,35)(H,30,34). The van der Waals surface area contributed by atoms with Crippen molar-refractivity contribution in [2.75, 3.05) is 39.5 Å². The quantitative estimate of drug-likeness (QED) is 0.246. The Labute approximate surface area is 235 Å². The molecule has 208 valence electrons. The van der Waals surface area contributed by atoms with Gasteiger partial charge in [-0.25, -0.2) is 0 Å². The number of thioether (sulfide) groups is 1. The Morgan fingerprint density at radius 2 is 1.52 bits per heavy atom. The summed E-state index contributed by atoms with van der Waals surface area (Å²) in [4.78, 5) is 25.7. The molecular weight excluding hydrogens is 534 g/mol. The third-order valence-electron chi connectivity index (χ3n) is 5.79. The summed E-state index contributed by atoms with van der Waals surface area (Å²) >= 11 is 1.19. The predicted molar refractivity (Wildman–Crippen MR) is 151 cm³/mol. The van der Waals surface area contributed by atoms with Gasteiger partial charge in [-0.3, -0.25) is 14.2 Å². The second kappa shape index (κ2) is 13.4. The van der Waals surface area contributed by atoms with Gasteiger partial charge in [0.2, 0.25) is 5.91 Å². The minimum atomic E-state index is -0.335. The van der Waals surface area contributed by atoms with Crippen LogP contribution >= 0.6 is 11.8 Å². The van der Waals surface area contributed by atoms with Crippen molar-refractivity contribution in [3.63, 3.8) is 0 Å². The topological polar surface area (TPSA) is 126 Å². The third-order valence-corrected chi connectivity index (χ3v) is 6.72. The molecule has 3 aromatic carbocycles. The number of para-hydroxylation sites is 1. The van der Waals surface area contributed by atoms with E-state index in [2.05, 4.69) is 20.8 Å². The number of hydrogen-bond donors (Lipinski definition) is 2. The summed E-state index contributed by atoms with van der Waals surface area (Å²) < 4.78 is 23.2. The van der Waals surface area contributed by atoms with E-state index in [0.29, 0.717) is 50.9 Å². The van der Waals surface area contributed by atoms with Crippen LogP contribution in [0.3, 0.4) is 0 Å². The maximum absolute atomic E-state index is 12.9. The van der Waals surface area contributed by atoms with Crippen molar-refractivity contribution >= 4 is 29.3 Å². The lowest BCUT2D eigenvalue weighted by Crippen LogP contribution is -2.25. The fourth-order valence-electron chi connectivity index (χ4n) is 3.81. The van der Waals surface area contributed by atoms with Crippen LogP contribution in [0.5, 0.6) is 23.0 Å². The Kier molecular flexibility index (Phi) is 9.47. The van der Waals surface area contributed by atoms with E-state index in [4.69, 9.17) is 18.9 Å². The number of rotatable bonds is 12. The van der Waals surface area contributed by atoms with E-state index in [1.54, 1.807) is 92.6 Å². The highest BCUT2D eigenvalue weighted by molar-refractivity contribution is 7.99. The van der Waals surface area contributed by atoms with Gasteiger partial charge in [-0.2, -0.15) is 0 Å². The van der Waals surface area contributed by atoms with Crippen molar-refractivity contribution in [3.8, 4) is 28.7 Å². The van der Waals surface area contributed by atoms with E-state index in [0.717, 1.165) is 0 Å². The summed E-state index contributed by atoms with van der Waals surface area (Å²) in [6.45, 7) is 0.0445. The molecule has 2 amide bonds. The number of nitrogens with zero attached hydrogens (tertiary/aromatic N) is 3. The number of carbonyl (C=O) groups excluding carboxylic acids is 2. The monoisotopic (exact) mass is 563 g/mol. The molecule has 1 heterocycles. The van der Waals surface area contributed by atoms with Crippen LogP contribution in [0, 0.1) is 0 Å². The zero-order chi connectivity index (χ0) is 28.5. The summed E-state index contributed by atoms with van der Waals surface area (Å²) in [5.74, 6) is 2.18. The summed E-state index contributed by atoms with van der Waals surface area (Å²) in [5, 5.41) is 14.8. The van der Waals surface area contributed by atoms with Gasteiger partial charge in [0.1, 0.15) is 23.0 Å². The highest BCUT2D eigenvalue weighted by Crippen LogP contribution is 2.32.